The highest BCUT2D eigenvalue weighted by atomic mass is 16.6. The van der Waals surface area contributed by atoms with Crippen molar-refractivity contribution in [1.29, 1.82) is 0 Å². The molecule has 0 saturated heterocycles. The van der Waals surface area contributed by atoms with Crippen LogP contribution in [0.4, 0.5) is 0 Å². The lowest BCUT2D eigenvalue weighted by atomic mass is 9.89. The average Bonchev–Trinajstić information content (AvgIpc) is 3.10. The zero-order valence-electron chi connectivity index (χ0n) is 19.0. The van der Waals surface area contributed by atoms with E-state index in [9.17, 15) is 4.79 Å². The van der Waals surface area contributed by atoms with Crippen molar-refractivity contribution in [2.75, 3.05) is 52.9 Å². The first-order chi connectivity index (χ1) is 13.6. The first-order valence-corrected chi connectivity index (χ1v) is 10.4. The van der Waals surface area contributed by atoms with Crippen molar-refractivity contribution >= 4 is 5.78 Å². The molecule has 0 amide bonds. The Hall–Kier alpha value is -1.35. The molecule has 8 nitrogen and oxygen atoms in total. The predicted octanol–water partition coefficient (Wildman–Crippen LogP) is 2.65. The fraction of sp³-hybridized carbons (Fsp3) is 0.857. The Morgan fingerprint density at radius 2 is 1.31 bits per heavy atom. The molecule has 29 heavy (non-hydrogen) atoms. The van der Waals surface area contributed by atoms with Crippen LogP contribution in [0.5, 0.6) is 0 Å². The molecule has 0 radical (unpaired) electrons. The molecular weight excluding hydrogens is 374 g/mol. The maximum Gasteiger partial charge on any atom is 0.140 e. The van der Waals surface area contributed by atoms with Gasteiger partial charge in [-0.3, -0.25) is 4.79 Å². The quantitative estimate of drug-likeness (QED) is 0.409. The van der Waals surface area contributed by atoms with Gasteiger partial charge in [-0.15, -0.1) is 5.10 Å². The van der Waals surface area contributed by atoms with Gasteiger partial charge < -0.3 is 18.9 Å². The van der Waals surface area contributed by atoms with E-state index < -0.39 is 0 Å². The minimum atomic E-state index is -0.299. The van der Waals surface area contributed by atoms with Crippen molar-refractivity contribution in [3.05, 3.63) is 11.9 Å². The molecule has 0 aliphatic heterocycles. The number of Topliss-reactive ketones (excluding diaryl/α,β-unsaturated/α-hetero) is 1. The van der Waals surface area contributed by atoms with E-state index in [-0.39, 0.29) is 16.6 Å². The van der Waals surface area contributed by atoms with Crippen LogP contribution in [0.2, 0.25) is 0 Å². The van der Waals surface area contributed by atoms with Crippen molar-refractivity contribution in [3.8, 4) is 0 Å². The van der Waals surface area contributed by atoms with Crippen LogP contribution in [-0.2, 0) is 35.7 Å². The zero-order chi connectivity index (χ0) is 21.8. The molecule has 0 N–H and O–H groups in total. The van der Waals surface area contributed by atoms with Crippen LogP contribution >= 0.6 is 0 Å². The van der Waals surface area contributed by atoms with Gasteiger partial charge in [0.1, 0.15) is 5.78 Å². The second-order valence-electron chi connectivity index (χ2n) is 8.99. The largest absolute Gasteiger partial charge is 0.379 e. The summed E-state index contributed by atoms with van der Waals surface area (Å²) in [5.74, 6) is 0.213. The van der Waals surface area contributed by atoms with Gasteiger partial charge in [-0.25, -0.2) is 4.68 Å². The highest BCUT2D eigenvalue weighted by molar-refractivity contribution is 5.83. The summed E-state index contributed by atoms with van der Waals surface area (Å²) in [4.78, 5) is 11.7. The highest BCUT2D eigenvalue weighted by Gasteiger charge is 2.20. The summed E-state index contributed by atoms with van der Waals surface area (Å²) in [6, 6.07) is 0. The van der Waals surface area contributed by atoms with E-state index in [4.69, 9.17) is 18.9 Å². The molecule has 168 valence electrons. The van der Waals surface area contributed by atoms with Gasteiger partial charge in [-0.1, -0.05) is 46.8 Å². The van der Waals surface area contributed by atoms with Crippen LogP contribution < -0.4 is 0 Å². The van der Waals surface area contributed by atoms with Crippen molar-refractivity contribution in [1.82, 2.24) is 15.0 Å². The summed E-state index contributed by atoms with van der Waals surface area (Å²) in [7, 11) is 0. The number of carbonyl (C=O) groups is 1. The SMILES string of the molecule is CC(C)(C)C(=O)CCOCCOCCOCCOCCn1cc(C(C)(C)C)nn1. The average molecular weight is 414 g/mol. The molecule has 1 heterocycles. The number of ether oxygens (including phenoxy) is 4. The smallest absolute Gasteiger partial charge is 0.140 e. The molecule has 0 atom stereocenters. The predicted molar refractivity (Wildman–Crippen MR) is 111 cm³/mol. The number of hydrogen-bond acceptors (Lipinski definition) is 7. The summed E-state index contributed by atoms with van der Waals surface area (Å²) in [6.45, 7) is 16.9. The highest BCUT2D eigenvalue weighted by Crippen LogP contribution is 2.18. The van der Waals surface area contributed by atoms with E-state index in [1.54, 1.807) is 4.68 Å². The third-order valence-electron chi connectivity index (χ3n) is 4.20. The number of rotatable bonds is 15. The third-order valence-corrected chi connectivity index (χ3v) is 4.20. The van der Waals surface area contributed by atoms with Crippen molar-refractivity contribution in [2.24, 2.45) is 5.41 Å². The standard InChI is InChI=1S/C21H39N3O5/c1-20(2,3)18-17-24(23-22-18)8-10-27-12-14-29-16-15-28-13-11-26-9-7-19(25)21(4,5)6/h17H,7-16H2,1-6H3. The van der Waals surface area contributed by atoms with Gasteiger partial charge in [0.2, 0.25) is 0 Å². The number of aromatic nitrogens is 3. The Labute approximate surface area is 175 Å². The third kappa shape index (κ3) is 12.1. The number of nitrogens with zero attached hydrogens (tertiary/aromatic N) is 3. The molecule has 0 bridgehead atoms. The van der Waals surface area contributed by atoms with Crippen molar-refractivity contribution in [2.45, 2.75) is 59.9 Å². The lowest BCUT2D eigenvalue weighted by molar-refractivity contribution is -0.127. The second-order valence-corrected chi connectivity index (χ2v) is 8.99. The van der Waals surface area contributed by atoms with E-state index in [0.717, 1.165) is 5.69 Å². The van der Waals surface area contributed by atoms with Gasteiger partial charge in [-0.05, 0) is 0 Å². The molecule has 0 aliphatic rings. The van der Waals surface area contributed by atoms with Crippen molar-refractivity contribution in [3.63, 3.8) is 0 Å². The van der Waals surface area contributed by atoms with Gasteiger partial charge >= 0.3 is 0 Å². The lowest BCUT2D eigenvalue weighted by Gasteiger charge is -2.16. The lowest BCUT2D eigenvalue weighted by Crippen LogP contribution is -2.22. The molecule has 0 aromatic carbocycles. The summed E-state index contributed by atoms with van der Waals surface area (Å²) in [5.41, 5.74) is 0.684. The molecule has 0 spiro atoms. The Morgan fingerprint density at radius 3 is 1.76 bits per heavy atom. The summed E-state index contributed by atoms with van der Waals surface area (Å²) in [5, 5.41) is 8.29. The molecule has 1 rings (SSSR count). The van der Waals surface area contributed by atoms with Crippen LogP contribution in [0.3, 0.4) is 0 Å². The maximum absolute atomic E-state index is 11.7. The van der Waals surface area contributed by atoms with Gasteiger partial charge in [0.05, 0.1) is 65.1 Å². The van der Waals surface area contributed by atoms with Gasteiger partial charge in [-0.2, -0.15) is 0 Å². The van der Waals surface area contributed by atoms with E-state index in [1.807, 2.05) is 27.0 Å². The number of hydrogen-bond donors (Lipinski definition) is 0. The van der Waals surface area contributed by atoms with Crippen LogP contribution in [0.25, 0.3) is 0 Å². The summed E-state index contributed by atoms with van der Waals surface area (Å²) >= 11 is 0. The van der Waals surface area contributed by atoms with Crippen LogP contribution in [0, 0.1) is 5.41 Å². The second kappa shape index (κ2) is 13.1. The molecule has 0 unspecified atom stereocenters. The summed E-state index contributed by atoms with van der Waals surface area (Å²) in [6.07, 6.45) is 2.41. The Bertz CT molecular complexity index is 576. The van der Waals surface area contributed by atoms with E-state index in [0.29, 0.717) is 65.8 Å². The normalized spacial score (nSPS) is 12.5. The Morgan fingerprint density at radius 1 is 0.828 bits per heavy atom. The first kappa shape index (κ1) is 25.7. The molecular formula is C21H39N3O5. The monoisotopic (exact) mass is 413 g/mol. The van der Waals surface area contributed by atoms with Gasteiger partial charge in [0.25, 0.3) is 0 Å². The number of carbonyl (C=O) groups excluding carboxylic acids is 1. The Kier molecular flexibility index (Phi) is 11.6. The molecule has 1 aromatic heterocycles. The van der Waals surface area contributed by atoms with Crippen molar-refractivity contribution < 1.29 is 23.7 Å². The van der Waals surface area contributed by atoms with E-state index >= 15 is 0 Å². The minimum Gasteiger partial charge on any atom is -0.379 e. The van der Waals surface area contributed by atoms with Crippen LogP contribution in [0.1, 0.15) is 53.7 Å². The zero-order valence-corrected chi connectivity index (χ0v) is 19.0. The van der Waals surface area contributed by atoms with Gasteiger partial charge in [0, 0.05) is 23.4 Å². The van der Waals surface area contributed by atoms with Crippen LogP contribution in [-0.4, -0.2) is 73.6 Å². The molecule has 0 aliphatic carbocycles. The molecule has 0 fully saturated rings. The summed E-state index contributed by atoms with van der Waals surface area (Å²) < 4.78 is 23.6. The van der Waals surface area contributed by atoms with E-state index in [1.165, 1.54) is 0 Å². The molecule has 0 saturated carbocycles. The van der Waals surface area contributed by atoms with E-state index in [2.05, 4.69) is 31.1 Å². The minimum absolute atomic E-state index is 0.00639. The van der Waals surface area contributed by atoms with Crippen LogP contribution in [0.15, 0.2) is 6.20 Å². The number of ketones is 1. The molecule has 1 aromatic rings. The molecule has 8 heteroatoms. The van der Waals surface area contributed by atoms with Gasteiger partial charge in [0.15, 0.2) is 0 Å². The fourth-order valence-corrected chi connectivity index (χ4v) is 2.21. The maximum atomic E-state index is 11.7. The fourth-order valence-electron chi connectivity index (χ4n) is 2.21. The topological polar surface area (TPSA) is 84.7 Å². The first-order valence-electron chi connectivity index (χ1n) is 10.4. The Balaban J connectivity index is 1.86.